The standard InChI is InChI=1S/C6H14O.C6H12/c1-3-5-7-6-4-2;1-2-4-6-5-3-1/h3-6H2,1-2H3;1-6H2. The lowest BCUT2D eigenvalue weighted by Crippen LogP contribution is -1.92. The van der Waals surface area contributed by atoms with Crippen molar-refractivity contribution in [1.29, 1.82) is 0 Å². The van der Waals surface area contributed by atoms with E-state index in [4.69, 9.17) is 4.74 Å². The molecule has 0 atom stereocenters. The van der Waals surface area contributed by atoms with E-state index >= 15 is 0 Å². The van der Waals surface area contributed by atoms with E-state index in [-0.39, 0.29) is 0 Å². The van der Waals surface area contributed by atoms with Crippen molar-refractivity contribution >= 4 is 0 Å². The molecule has 1 rings (SSSR count). The number of rotatable bonds is 4. The van der Waals surface area contributed by atoms with Gasteiger partial charge in [0.25, 0.3) is 0 Å². The molecule has 0 aromatic heterocycles. The Morgan fingerprint density at radius 2 is 1.00 bits per heavy atom. The summed E-state index contributed by atoms with van der Waals surface area (Å²) >= 11 is 0. The Labute approximate surface area is 83.9 Å². The Kier molecular flexibility index (Phi) is 11.9. The van der Waals surface area contributed by atoms with Gasteiger partial charge in [-0.1, -0.05) is 52.4 Å². The van der Waals surface area contributed by atoms with E-state index in [2.05, 4.69) is 13.8 Å². The van der Waals surface area contributed by atoms with Gasteiger partial charge in [-0.3, -0.25) is 0 Å². The minimum atomic E-state index is 0.924. The molecular formula is C12H26O. The van der Waals surface area contributed by atoms with E-state index in [1.807, 2.05) is 0 Å². The van der Waals surface area contributed by atoms with Gasteiger partial charge < -0.3 is 4.74 Å². The summed E-state index contributed by atoms with van der Waals surface area (Å²) in [5.41, 5.74) is 0. The normalized spacial score (nSPS) is 16.2. The summed E-state index contributed by atoms with van der Waals surface area (Å²) in [6.45, 7) is 6.09. The Morgan fingerprint density at radius 1 is 0.692 bits per heavy atom. The van der Waals surface area contributed by atoms with Crippen LogP contribution in [0.4, 0.5) is 0 Å². The molecule has 1 saturated carbocycles. The van der Waals surface area contributed by atoms with Crippen LogP contribution in [-0.2, 0) is 4.74 Å². The molecule has 0 heterocycles. The fourth-order valence-electron chi connectivity index (χ4n) is 1.45. The van der Waals surface area contributed by atoms with Gasteiger partial charge in [0, 0.05) is 13.2 Å². The highest BCUT2D eigenvalue weighted by Gasteiger charge is 1.95. The zero-order valence-electron chi connectivity index (χ0n) is 9.48. The molecule has 0 aliphatic heterocycles. The first-order valence-corrected chi connectivity index (χ1v) is 5.99. The van der Waals surface area contributed by atoms with Crippen LogP contribution in [0.25, 0.3) is 0 Å². The zero-order chi connectivity index (χ0) is 9.78. The van der Waals surface area contributed by atoms with Crippen molar-refractivity contribution in [2.24, 2.45) is 0 Å². The molecule has 1 heteroatoms. The maximum absolute atomic E-state index is 5.13. The van der Waals surface area contributed by atoms with Gasteiger partial charge in [0.05, 0.1) is 0 Å². The Hall–Kier alpha value is -0.0400. The van der Waals surface area contributed by atoms with Crippen molar-refractivity contribution in [3.63, 3.8) is 0 Å². The first kappa shape index (κ1) is 13.0. The largest absolute Gasteiger partial charge is 0.381 e. The van der Waals surface area contributed by atoms with Crippen LogP contribution in [0.3, 0.4) is 0 Å². The van der Waals surface area contributed by atoms with Gasteiger partial charge in [-0.15, -0.1) is 0 Å². The maximum Gasteiger partial charge on any atom is 0.0463 e. The third-order valence-corrected chi connectivity index (χ3v) is 2.20. The molecule has 0 amide bonds. The van der Waals surface area contributed by atoms with Crippen LogP contribution in [-0.4, -0.2) is 13.2 Å². The third kappa shape index (κ3) is 12.0. The fourth-order valence-corrected chi connectivity index (χ4v) is 1.45. The summed E-state index contributed by atoms with van der Waals surface area (Å²) in [6, 6.07) is 0. The predicted octanol–water partition coefficient (Wildman–Crippen LogP) is 4.16. The van der Waals surface area contributed by atoms with Crippen molar-refractivity contribution in [3.05, 3.63) is 0 Å². The lowest BCUT2D eigenvalue weighted by Gasteiger charge is -2.05. The molecule has 0 bridgehead atoms. The first-order valence-electron chi connectivity index (χ1n) is 5.99. The second kappa shape index (κ2) is 12.0. The highest BCUT2D eigenvalue weighted by molar-refractivity contribution is 4.51. The lowest BCUT2D eigenvalue weighted by molar-refractivity contribution is 0.135. The molecule has 0 aromatic rings. The first-order chi connectivity index (χ1) is 6.41. The highest BCUT2D eigenvalue weighted by Crippen LogP contribution is 2.15. The Bertz CT molecular complexity index is 61.7. The quantitative estimate of drug-likeness (QED) is 0.599. The molecule has 13 heavy (non-hydrogen) atoms. The molecule has 0 radical (unpaired) electrons. The SMILES string of the molecule is C1CCCCC1.CCCOCCC. The molecule has 0 N–H and O–H groups in total. The fraction of sp³-hybridized carbons (Fsp3) is 1.00. The minimum Gasteiger partial charge on any atom is -0.381 e. The second-order valence-corrected chi connectivity index (χ2v) is 3.73. The molecule has 80 valence electrons. The summed E-state index contributed by atoms with van der Waals surface area (Å²) in [4.78, 5) is 0. The molecule has 0 aromatic carbocycles. The number of ether oxygens (including phenoxy) is 1. The van der Waals surface area contributed by atoms with E-state index < -0.39 is 0 Å². The Balaban J connectivity index is 0.000000223. The summed E-state index contributed by atoms with van der Waals surface area (Å²) in [7, 11) is 0. The predicted molar refractivity (Wildman–Crippen MR) is 59.1 cm³/mol. The van der Waals surface area contributed by atoms with Crippen LogP contribution in [0.15, 0.2) is 0 Å². The van der Waals surface area contributed by atoms with Crippen molar-refractivity contribution in [2.45, 2.75) is 65.2 Å². The average molecular weight is 186 g/mol. The van der Waals surface area contributed by atoms with E-state index in [9.17, 15) is 0 Å². The van der Waals surface area contributed by atoms with Crippen LogP contribution in [0.5, 0.6) is 0 Å². The maximum atomic E-state index is 5.13. The van der Waals surface area contributed by atoms with Gasteiger partial charge in [0.2, 0.25) is 0 Å². The molecule has 0 saturated heterocycles. The Morgan fingerprint density at radius 3 is 1.23 bits per heavy atom. The van der Waals surface area contributed by atoms with E-state index in [1.54, 1.807) is 0 Å². The van der Waals surface area contributed by atoms with E-state index in [0.29, 0.717) is 0 Å². The second-order valence-electron chi connectivity index (χ2n) is 3.73. The minimum absolute atomic E-state index is 0.924. The van der Waals surface area contributed by atoms with E-state index in [0.717, 1.165) is 26.1 Å². The third-order valence-electron chi connectivity index (χ3n) is 2.20. The molecule has 0 spiro atoms. The van der Waals surface area contributed by atoms with Gasteiger partial charge in [0.1, 0.15) is 0 Å². The molecule has 1 aliphatic rings. The molecule has 1 nitrogen and oxygen atoms in total. The van der Waals surface area contributed by atoms with Gasteiger partial charge in [-0.25, -0.2) is 0 Å². The van der Waals surface area contributed by atoms with Crippen molar-refractivity contribution in [3.8, 4) is 0 Å². The van der Waals surface area contributed by atoms with Gasteiger partial charge in [-0.05, 0) is 12.8 Å². The number of hydrogen-bond donors (Lipinski definition) is 0. The number of hydrogen-bond acceptors (Lipinski definition) is 1. The van der Waals surface area contributed by atoms with Gasteiger partial charge >= 0.3 is 0 Å². The van der Waals surface area contributed by atoms with Crippen LogP contribution in [0.2, 0.25) is 0 Å². The average Bonchev–Trinajstić information content (AvgIpc) is 2.22. The lowest BCUT2D eigenvalue weighted by atomic mass is 10.0. The summed E-state index contributed by atoms with van der Waals surface area (Å²) in [6.07, 6.45) is 11.3. The smallest absolute Gasteiger partial charge is 0.0463 e. The van der Waals surface area contributed by atoms with Crippen LogP contribution >= 0.6 is 0 Å². The van der Waals surface area contributed by atoms with Crippen molar-refractivity contribution in [2.75, 3.05) is 13.2 Å². The monoisotopic (exact) mass is 186 g/mol. The molecular weight excluding hydrogens is 160 g/mol. The summed E-state index contributed by atoms with van der Waals surface area (Å²) in [5, 5.41) is 0. The van der Waals surface area contributed by atoms with Gasteiger partial charge in [-0.2, -0.15) is 0 Å². The van der Waals surface area contributed by atoms with Crippen molar-refractivity contribution < 1.29 is 4.74 Å². The molecule has 1 fully saturated rings. The molecule has 1 aliphatic carbocycles. The van der Waals surface area contributed by atoms with Crippen LogP contribution < -0.4 is 0 Å². The van der Waals surface area contributed by atoms with Crippen molar-refractivity contribution in [1.82, 2.24) is 0 Å². The van der Waals surface area contributed by atoms with E-state index in [1.165, 1.54) is 38.5 Å². The molecule has 0 unspecified atom stereocenters. The van der Waals surface area contributed by atoms with Gasteiger partial charge in [0.15, 0.2) is 0 Å². The summed E-state index contributed by atoms with van der Waals surface area (Å²) in [5.74, 6) is 0. The zero-order valence-corrected chi connectivity index (χ0v) is 9.48. The highest BCUT2D eigenvalue weighted by atomic mass is 16.5. The van der Waals surface area contributed by atoms with Crippen LogP contribution in [0.1, 0.15) is 65.2 Å². The van der Waals surface area contributed by atoms with Crippen LogP contribution in [0, 0.1) is 0 Å². The summed E-state index contributed by atoms with van der Waals surface area (Å²) < 4.78 is 5.13. The topological polar surface area (TPSA) is 9.23 Å².